The summed E-state index contributed by atoms with van der Waals surface area (Å²) in [4.78, 5) is 53.2. The molecule has 4 N–H and O–H groups in total. The van der Waals surface area contributed by atoms with Crippen LogP contribution in [0.2, 0.25) is 0 Å². The van der Waals surface area contributed by atoms with E-state index in [2.05, 4.69) is 21.3 Å². The second-order valence-electron chi connectivity index (χ2n) is 10.3. The Hall–Kier alpha value is -3.84. The average molecular weight is 588 g/mol. The van der Waals surface area contributed by atoms with Crippen molar-refractivity contribution < 1.29 is 31.5 Å². The van der Waals surface area contributed by atoms with Crippen LogP contribution in [-0.4, -0.2) is 81.3 Å². The van der Waals surface area contributed by atoms with Gasteiger partial charge in [0, 0.05) is 24.7 Å². The zero-order chi connectivity index (χ0) is 29.7. The standard InChI is InChI=1S/C28H34FN5O6S/c1-17(30-2)25(35)33-23(16-31-26(36)20-9-5-10-22(15-20)41(29,39)40)28(38)34-12-6-11-24(34)27(37)32-21-13-18-7-3-4-8-19(18)14-21/h3-5,7-10,15,17,21,23-24,30H,6,11-14,16H2,1-2H3,(H,31,36)(H,32,37)(H,33,35)/t17-,23-,24-/m0/s1. The normalized spacial score (nSPS) is 18.3. The number of halogens is 1. The Labute approximate surface area is 238 Å². The van der Waals surface area contributed by atoms with Gasteiger partial charge in [0.2, 0.25) is 17.7 Å². The Kier molecular flexibility index (Phi) is 9.38. The van der Waals surface area contributed by atoms with Crippen LogP contribution in [0.1, 0.15) is 41.3 Å². The topological polar surface area (TPSA) is 154 Å². The number of nitrogens with one attached hydrogen (secondary N) is 4. The Morgan fingerprint density at radius 3 is 2.37 bits per heavy atom. The van der Waals surface area contributed by atoms with Crippen LogP contribution in [-0.2, 0) is 37.4 Å². The third-order valence-corrected chi connectivity index (χ3v) is 8.34. The molecule has 2 aromatic carbocycles. The molecular formula is C28H34FN5O6S. The molecule has 41 heavy (non-hydrogen) atoms. The van der Waals surface area contributed by atoms with Crippen molar-refractivity contribution in [3.8, 4) is 0 Å². The van der Waals surface area contributed by atoms with E-state index < -0.39 is 51.0 Å². The minimum atomic E-state index is -5.02. The molecule has 1 aliphatic carbocycles. The van der Waals surface area contributed by atoms with Crippen molar-refractivity contribution in [3.63, 3.8) is 0 Å². The van der Waals surface area contributed by atoms with Crippen molar-refractivity contribution in [3.05, 3.63) is 65.2 Å². The Morgan fingerprint density at radius 2 is 1.73 bits per heavy atom. The van der Waals surface area contributed by atoms with Crippen molar-refractivity contribution >= 4 is 33.9 Å². The zero-order valence-electron chi connectivity index (χ0n) is 22.9. The minimum absolute atomic E-state index is 0.0763. The van der Waals surface area contributed by atoms with E-state index >= 15 is 0 Å². The molecule has 1 heterocycles. The van der Waals surface area contributed by atoms with E-state index in [1.54, 1.807) is 14.0 Å². The molecule has 4 rings (SSSR count). The maximum Gasteiger partial charge on any atom is 0.332 e. The molecule has 0 unspecified atom stereocenters. The van der Waals surface area contributed by atoms with Crippen molar-refractivity contribution in [2.75, 3.05) is 20.1 Å². The number of hydrogen-bond acceptors (Lipinski definition) is 7. The summed E-state index contributed by atoms with van der Waals surface area (Å²) in [5.74, 6) is -2.06. The van der Waals surface area contributed by atoms with E-state index in [-0.39, 0.29) is 24.1 Å². The molecular weight excluding hydrogens is 553 g/mol. The molecule has 11 nitrogen and oxygen atoms in total. The highest BCUT2D eigenvalue weighted by Crippen LogP contribution is 2.24. The van der Waals surface area contributed by atoms with Gasteiger partial charge in [-0.25, -0.2) is 0 Å². The number of hydrogen-bond donors (Lipinski definition) is 4. The molecule has 2 aliphatic rings. The number of rotatable bonds is 10. The maximum absolute atomic E-state index is 13.7. The van der Waals surface area contributed by atoms with Gasteiger partial charge < -0.3 is 26.2 Å². The predicted molar refractivity (Wildman–Crippen MR) is 148 cm³/mol. The number of likely N-dealkylation sites (tertiary alicyclic amines) is 1. The molecule has 0 aromatic heterocycles. The monoisotopic (exact) mass is 587 g/mol. The van der Waals surface area contributed by atoms with Gasteiger partial charge in [0.25, 0.3) is 5.91 Å². The molecule has 0 saturated carbocycles. The molecule has 1 aliphatic heterocycles. The van der Waals surface area contributed by atoms with E-state index in [1.165, 1.54) is 28.2 Å². The van der Waals surface area contributed by atoms with Gasteiger partial charge in [-0.3, -0.25) is 19.2 Å². The first-order valence-electron chi connectivity index (χ1n) is 13.5. The lowest BCUT2D eigenvalue weighted by atomic mass is 10.1. The fourth-order valence-corrected chi connectivity index (χ4v) is 5.68. The first-order chi connectivity index (χ1) is 19.5. The van der Waals surface area contributed by atoms with E-state index in [0.29, 0.717) is 32.2 Å². The van der Waals surface area contributed by atoms with E-state index in [1.807, 2.05) is 24.3 Å². The van der Waals surface area contributed by atoms with Crippen LogP contribution in [0.15, 0.2) is 53.4 Å². The summed E-state index contributed by atoms with van der Waals surface area (Å²) in [5, 5.41) is 11.0. The Balaban J connectivity index is 1.45. The fraction of sp³-hybridized carbons (Fsp3) is 0.429. The van der Waals surface area contributed by atoms with Crippen LogP contribution in [0, 0.1) is 0 Å². The molecule has 3 atom stereocenters. The first kappa shape index (κ1) is 30.1. The van der Waals surface area contributed by atoms with Crippen LogP contribution in [0.25, 0.3) is 0 Å². The van der Waals surface area contributed by atoms with E-state index in [4.69, 9.17) is 0 Å². The highest BCUT2D eigenvalue weighted by atomic mass is 32.3. The second-order valence-corrected chi connectivity index (χ2v) is 11.7. The Bertz CT molecular complexity index is 1410. The van der Waals surface area contributed by atoms with Crippen molar-refractivity contribution in [2.24, 2.45) is 0 Å². The number of carbonyl (C=O) groups is 4. The summed E-state index contributed by atoms with van der Waals surface area (Å²) < 4.78 is 35.9. The summed E-state index contributed by atoms with van der Waals surface area (Å²) >= 11 is 0. The zero-order valence-corrected chi connectivity index (χ0v) is 23.7. The molecule has 0 radical (unpaired) electrons. The van der Waals surface area contributed by atoms with E-state index in [0.717, 1.165) is 12.1 Å². The number of fused-ring (bicyclic) bond motifs is 1. The van der Waals surface area contributed by atoms with Gasteiger partial charge in [-0.2, -0.15) is 8.42 Å². The summed E-state index contributed by atoms with van der Waals surface area (Å²) in [6.07, 6.45) is 2.47. The molecule has 1 fully saturated rings. The van der Waals surface area contributed by atoms with Crippen LogP contribution >= 0.6 is 0 Å². The predicted octanol–water partition coefficient (Wildman–Crippen LogP) is 0.442. The quantitative estimate of drug-likeness (QED) is 0.294. The van der Waals surface area contributed by atoms with Crippen LogP contribution in [0.4, 0.5) is 3.89 Å². The number of amides is 4. The lowest BCUT2D eigenvalue weighted by Crippen LogP contribution is -2.59. The van der Waals surface area contributed by atoms with Crippen molar-refractivity contribution in [2.45, 2.75) is 61.7 Å². The lowest BCUT2D eigenvalue weighted by Gasteiger charge is -2.30. The molecule has 1 saturated heterocycles. The summed E-state index contributed by atoms with van der Waals surface area (Å²) in [7, 11) is -3.44. The van der Waals surface area contributed by atoms with E-state index in [9.17, 15) is 31.5 Å². The van der Waals surface area contributed by atoms with Crippen LogP contribution < -0.4 is 21.3 Å². The largest absolute Gasteiger partial charge is 0.351 e. The molecule has 4 amide bonds. The third kappa shape index (κ3) is 7.27. The summed E-state index contributed by atoms with van der Waals surface area (Å²) in [6, 6.07) is 9.74. The van der Waals surface area contributed by atoms with Crippen molar-refractivity contribution in [1.29, 1.82) is 0 Å². The van der Waals surface area contributed by atoms with Gasteiger partial charge in [0.1, 0.15) is 12.1 Å². The Morgan fingerprint density at radius 1 is 1.05 bits per heavy atom. The minimum Gasteiger partial charge on any atom is -0.351 e. The van der Waals surface area contributed by atoms with Gasteiger partial charge in [0.05, 0.1) is 10.9 Å². The number of likely N-dealkylation sites (N-methyl/N-ethyl adjacent to an activating group) is 1. The number of nitrogens with zero attached hydrogens (tertiary/aromatic N) is 1. The highest BCUT2D eigenvalue weighted by molar-refractivity contribution is 7.86. The van der Waals surface area contributed by atoms with Gasteiger partial charge in [-0.1, -0.05) is 30.3 Å². The smallest absolute Gasteiger partial charge is 0.332 e. The average Bonchev–Trinajstić information content (AvgIpc) is 3.60. The van der Waals surface area contributed by atoms with Crippen molar-refractivity contribution in [1.82, 2.24) is 26.2 Å². The van der Waals surface area contributed by atoms with Crippen LogP contribution in [0.5, 0.6) is 0 Å². The molecule has 2 aromatic rings. The third-order valence-electron chi connectivity index (χ3n) is 7.52. The molecule has 0 spiro atoms. The maximum atomic E-state index is 13.7. The number of benzene rings is 2. The van der Waals surface area contributed by atoms with Gasteiger partial charge in [-0.15, -0.1) is 3.89 Å². The summed E-state index contributed by atoms with van der Waals surface area (Å²) in [6.45, 7) is 1.57. The SMILES string of the molecule is CN[C@@H](C)C(=O)N[C@@H](CNC(=O)c1cccc(S(=O)(=O)F)c1)C(=O)N1CCC[C@H]1C(=O)NC1Cc2ccccc2C1. The van der Waals surface area contributed by atoms with Gasteiger partial charge in [0.15, 0.2) is 0 Å². The fourth-order valence-electron chi connectivity index (χ4n) is 5.18. The second kappa shape index (κ2) is 12.8. The molecule has 13 heteroatoms. The highest BCUT2D eigenvalue weighted by Gasteiger charge is 2.39. The molecule has 220 valence electrons. The number of carbonyl (C=O) groups excluding carboxylic acids is 4. The first-order valence-corrected chi connectivity index (χ1v) is 14.8. The van der Waals surface area contributed by atoms with Gasteiger partial charge in [-0.05, 0) is 69.0 Å². The molecule has 0 bridgehead atoms. The van der Waals surface area contributed by atoms with Crippen LogP contribution in [0.3, 0.4) is 0 Å². The summed E-state index contributed by atoms with van der Waals surface area (Å²) in [5.41, 5.74) is 2.23. The van der Waals surface area contributed by atoms with Gasteiger partial charge >= 0.3 is 10.2 Å². The lowest BCUT2D eigenvalue weighted by molar-refractivity contribution is -0.141.